The number of carbonyl (C=O) groups excluding carboxylic acids is 1. The number of hydrogen-bond acceptors (Lipinski definition) is 3. The lowest BCUT2D eigenvalue weighted by Gasteiger charge is -2.30. The zero-order valence-electron chi connectivity index (χ0n) is 13.1. The minimum absolute atomic E-state index is 0.00260. The van der Waals surface area contributed by atoms with E-state index >= 15 is 0 Å². The van der Waals surface area contributed by atoms with E-state index in [4.69, 9.17) is 0 Å². The molecule has 0 bridgehead atoms. The molecule has 1 aromatic heterocycles. The maximum atomic E-state index is 12.5. The van der Waals surface area contributed by atoms with E-state index in [1.807, 2.05) is 30.0 Å². The first-order valence-electron chi connectivity index (χ1n) is 7.78. The van der Waals surface area contributed by atoms with Crippen molar-refractivity contribution in [2.75, 3.05) is 13.1 Å². The summed E-state index contributed by atoms with van der Waals surface area (Å²) in [5.74, 6) is 0.680. The topological polar surface area (TPSA) is 55.2 Å². The van der Waals surface area contributed by atoms with Crippen molar-refractivity contribution in [3.63, 3.8) is 0 Å². The van der Waals surface area contributed by atoms with E-state index in [1.165, 1.54) is 10.9 Å². The maximum Gasteiger partial charge on any atom is 0.261 e. The number of aromatic nitrogens is 2. The summed E-state index contributed by atoms with van der Waals surface area (Å²) in [4.78, 5) is 31.0. The predicted octanol–water partition coefficient (Wildman–Crippen LogP) is 1.96. The van der Waals surface area contributed by atoms with Gasteiger partial charge in [-0.1, -0.05) is 18.6 Å². The maximum absolute atomic E-state index is 12.5. The molecule has 116 valence electrons. The SMILES string of the molecule is Cc1ccc2ncn(CC(=O)N3CCC(C)CC3)c(=O)c2c1. The molecule has 1 aliphatic rings. The van der Waals surface area contributed by atoms with Gasteiger partial charge in [-0.3, -0.25) is 14.2 Å². The number of piperidine rings is 1. The number of rotatable bonds is 2. The normalized spacial score (nSPS) is 16.2. The number of amides is 1. The van der Waals surface area contributed by atoms with Gasteiger partial charge in [0.25, 0.3) is 5.56 Å². The van der Waals surface area contributed by atoms with Crippen LogP contribution in [-0.4, -0.2) is 33.4 Å². The fourth-order valence-corrected chi connectivity index (χ4v) is 2.89. The summed E-state index contributed by atoms with van der Waals surface area (Å²) in [6.45, 7) is 5.80. The molecule has 0 atom stereocenters. The zero-order chi connectivity index (χ0) is 15.7. The average Bonchev–Trinajstić information content (AvgIpc) is 2.51. The molecule has 0 unspecified atom stereocenters. The van der Waals surface area contributed by atoms with Crippen molar-refractivity contribution in [3.8, 4) is 0 Å². The number of fused-ring (bicyclic) bond motifs is 1. The van der Waals surface area contributed by atoms with Crippen LogP contribution in [-0.2, 0) is 11.3 Å². The Morgan fingerprint density at radius 3 is 2.77 bits per heavy atom. The highest BCUT2D eigenvalue weighted by molar-refractivity contribution is 5.79. The van der Waals surface area contributed by atoms with Crippen molar-refractivity contribution in [3.05, 3.63) is 40.4 Å². The molecule has 1 fully saturated rings. The van der Waals surface area contributed by atoms with Crippen LogP contribution in [0.5, 0.6) is 0 Å². The van der Waals surface area contributed by atoms with Gasteiger partial charge < -0.3 is 4.90 Å². The molecule has 0 aliphatic carbocycles. The van der Waals surface area contributed by atoms with Gasteiger partial charge in [-0.2, -0.15) is 0 Å². The second kappa shape index (κ2) is 5.91. The second-order valence-electron chi connectivity index (χ2n) is 6.26. The van der Waals surface area contributed by atoms with E-state index < -0.39 is 0 Å². The number of nitrogens with zero attached hydrogens (tertiary/aromatic N) is 3. The first-order chi connectivity index (χ1) is 10.5. The molecule has 0 radical (unpaired) electrons. The third-order valence-electron chi connectivity index (χ3n) is 4.42. The van der Waals surface area contributed by atoms with Crippen LogP contribution in [0.15, 0.2) is 29.3 Å². The smallest absolute Gasteiger partial charge is 0.261 e. The Bertz CT molecular complexity index is 758. The lowest BCUT2D eigenvalue weighted by molar-refractivity contribution is -0.133. The molecule has 2 heterocycles. The van der Waals surface area contributed by atoms with Gasteiger partial charge >= 0.3 is 0 Å². The highest BCUT2D eigenvalue weighted by Crippen LogP contribution is 2.16. The third-order valence-corrected chi connectivity index (χ3v) is 4.42. The van der Waals surface area contributed by atoms with Crippen LogP contribution in [0.4, 0.5) is 0 Å². The minimum atomic E-state index is -0.146. The summed E-state index contributed by atoms with van der Waals surface area (Å²) in [6, 6.07) is 5.59. The van der Waals surface area contributed by atoms with Crippen LogP contribution in [0.25, 0.3) is 10.9 Å². The van der Waals surface area contributed by atoms with Gasteiger partial charge in [-0.05, 0) is 37.8 Å². The fraction of sp³-hybridized carbons (Fsp3) is 0.471. The lowest BCUT2D eigenvalue weighted by Crippen LogP contribution is -2.41. The Balaban J connectivity index is 1.83. The third kappa shape index (κ3) is 2.89. The van der Waals surface area contributed by atoms with Crippen molar-refractivity contribution in [1.29, 1.82) is 0 Å². The largest absolute Gasteiger partial charge is 0.341 e. The van der Waals surface area contributed by atoms with Crippen molar-refractivity contribution in [1.82, 2.24) is 14.5 Å². The van der Waals surface area contributed by atoms with Gasteiger partial charge in [-0.15, -0.1) is 0 Å². The van der Waals surface area contributed by atoms with Gasteiger partial charge in [0.15, 0.2) is 0 Å². The summed E-state index contributed by atoms with van der Waals surface area (Å²) in [7, 11) is 0. The summed E-state index contributed by atoms with van der Waals surface area (Å²) >= 11 is 0. The molecule has 2 aromatic rings. The number of likely N-dealkylation sites (tertiary alicyclic amines) is 1. The molecule has 0 spiro atoms. The Morgan fingerprint density at radius 1 is 1.32 bits per heavy atom. The molecular weight excluding hydrogens is 278 g/mol. The molecule has 0 N–H and O–H groups in total. The van der Waals surface area contributed by atoms with Crippen LogP contribution in [0.3, 0.4) is 0 Å². The van der Waals surface area contributed by atoms with Crippen LogP contribution in [0.2, 0.25) is 0 Å². The van der Waals surface area contributed by atoms with Gasteiger partial charge in [0, 0.05) is 13.1 Å². The Hall–Kier alpha value is -2.17. The Labute approximate surface area is 129 Å². The molecule has 5 nitrogen and oxygen atoms in total. The van der Waals surface area contributed by atoms with E-state index in [-0.39, 0.29) is 18.0 Å². The molecule has 3 rings (SSSR count). The molecule has 1 saturated heterocycles. The van der Waals surface area contributed by atoms with Crippen molar-refractivity contribution in [2.24, 2.45) is 5.92 Å². The quantitative estimate of drug-likeness (QED) is 0.852. The molecule has 1 aliphatic heterocycles. The molecule has 1 aromatic carbocycles. The van der Waals surface area contributed by atoms with Gasteiger partial charge in [0.05, 0.1) is 17.2 Å². The van der Waals surface area contributed by atoms with Crippen molar-refractivity contribution >= 4 is 16.8 Å². The molecule has 5 heteroatoms. The number of hydrogen-bond donors (Lipinski definition) is 0. The van der Waals surface area contributed by atoms with Gasteiger partial charge in [0.2, 0.25) is 5.91 Å². The van der Waals surface area contributed by atoms with Crippen molar-refractivity contribution in [2.45, 2.75) is 33.2 Å². The lowest BCUT2D eigenvalue weighted by atomic mass is 9.99. The van der Waals surface area contributed by atoms with Crippen LogP contribution in [0, 0.1) is 12.8 Å². The highest BCUT2D eigenvalue weighted by atomic mass is 16.2. The monoisotopic (exact) mass is 299 g/mol. The van der Waals surface area contributed by atoms with E-state index in [0.29, 0.717) is 16.8 Å². The van der Waals surface area contributed by atoms with Crippen LogP contribution < -0.4 is 5.56 Å². The average molecular weight is 299 g/mol. The molecular formula is C17H21N3O2. The minimum Gasteiger partial charge on any atom is -0.341 e. The second-order valence-corrected chi connectivity index (χ2v) is 6.26. The van der Waals surface area contributed by atoms with Crippen molar-refractivity contribution < 1.29 is 4.79 Å². The number of carbonyl (C=O) groups is 1. The van der Waals surface area contributed by atoms with Gasteiger partial charge in [0.1, 0.15) is 6.54 Å². The van der Waals surface area contributed by atoms with E-state index in [1.54, 1.807) is 0 Å². The van der Waals surface area contributed by atoms with E-state index in [9.17, 15) is 9.59 Å². The van der Waals surface area contributed by atoms with E-state index in [2.05, 4.69) is 11.9 Å². The summed E-state index contributed by atoms with van der Waals surface area (Å²) < 4.78 is 1.42. The first kappa shape index (κ1) is 14.8. The number of aryl methyl sites for hydroxylation is 1. The van der Waals surface area contributed by atoms with Gasteiger partial charge in [-0.25, -0.2) is 4.98 Å². The first-order valence-corrected chi connectivity index (χ1v) is 7.78. The summed E-state index contributed by atoms with van der Waals surface area (Å²) in [6.07, 6.45) is 3.55. The van der Waals surface area contributed by atoms with E-state index in [0.717, 1.165) is 31.5 Å². The molecule has 22 heavy (non-hydrogen) atoms. The molecule has 0 saturated carbocycles. The molecule has 1 amide bonds. The van der Waals surface area contributed by atoms with Crippen LogP contribution >= 0.6 is 0 Å². The standard InChI is InChI=1S/C17H21N3O2/c1-12-5-7-19(8-6-12)16(21)10-20-11-18-15-4-3-13(2)9-14(15)17(20)22/h3-4,9,11-12H,5-8,10H2,1-2H3. The summed E-state index contributed by atoms with van der Waals surface area (Å²) in [5.41, 5.74) is 1.54. The fourth-order valence-electron chi connectivity index (χ4n) is 2.89. The Kier molecular flexibility index (Phi) is 3.96. The number of benzene rings is 1. The highest BCUT2D eigenvalue weighted by Gasteiger charge is 2.20. The van der Waals surface area contributed by atoms with Crippen LogP contribution in [0.1, 0.15) is 25.3 Å². The summed E-state index contributed by atoms with van der Waals surface area (Å²) in [5, 5.41) is 0.572. The Morgan fingerprint density at radius 2 is 2.05 bits per heavy atom. The zero-order valence-corrected chi connectivity index (χ0v) is 13.1. The predicted molar refractivity (Wildman–Crippen MR) is 85.7 cm³/mol.